The molecule has 1 aromatic rings. The number of hydrogen-bond donors (Lipinski definition) is 2. The summed E-state index contributed by atoms with van der Waals surface area (Å²) in [4.78, 5) is 14.0. The zero-order valence-electron chi connectivity index (χ0n) is 13.7. The third-order valence-electron chi connectivity index (χ3n) is 3.82. The number of carbonyl (C=O) groups excluding carboxylic acids is 1. The van der Waals surface area contributed by atoms with E-state index in [2.05, 4.69) is 36.2 Å². The average Bonchev–Trinajstić information content (AvgIpc) is 2.47. The normalized spacial score (nSPS) is 14.0. The van der Waals surface area contributed by atoms with E-state index in [-0.39, 0.29) is 18.0 Å². The molecule has 0 radical (unpaired) electrons. The Balaban J connectivity index is 2.88. The molecule has 118 valence electrons. The molecule has 0 bridgehead atoms. The van der Waals surface area contributed by atoms with Crippen molar-refractivity contribution in [3.8, 4) is 0 Å². The second-order valence-corrected chi connectivity index (χ2v) is 5.64. The van der Waals surface area contributed by atoms with Crippen LogP contribution in [0, 0.1) is 6.92 Å². The Morgan fingerprint density at radius 1 is 1.33 bits per heavy atom. The third kappa shape index (κ3) is 5.14. The molecule has 3 N–H and O–H groups in total. The zero-order valence-corrected chi connectivity index (χ0v) is 13.7. The van der Waals surface area contributed by atoms with Gasteiger partial charge in [-0.2, -0.15) is 0 Å². The van der Waals surface area contributed by atoms with Gasteiger partial charge in [-0.15, -0.1) is 0 Å². The van der Waals surface area contributed by atoms with Gasteiger partial charge < -0.3 is 11.1 Å². The van der Waals surface area contributed by atoms with Crippen molar-refractivity contribution in [3.05, 3.63) is 35.4 Å². The first-order valence-corrected chi connectivity index (χ1v) is 7.79. The van der Waals surface area contributed by atoms with E-state index in [1.807, 2.05) is 26.1 Å². The lowest BCUT2D eigenvalue weighted by molar-refractivity contribution is -0.122. The van der Waals surface area contributed by atoms with Crippen molar-refractivity contribution in [2.45, 2.75) is 45.7 Å². The number of nitrogens with one attached hydrogen (secondary N) is 1. The molecule has 1 aromatic carbocycles. The monoisotopic (exact) mass is 291 g/mol. The van der Waals surface area contributed by atoms with Gasteiger partial charge in [0.2, 0.25) is 5.91 Å². The molecule has 1 rings (SSSR count). The molecule has 2 atom stereocenters. The molecule has 1 amide bonds. The number of rotatable bonds is 8. The van der Waals surface area contributed by atoms with Gasteiger partial charge in [-0.05, 0) is 37.9 Å². The lowest BCUT2D eigenvalue weighted by Gasteiger charge is -2.33. The van der Waals surface area contributed by atoms with Gasteiger partial charge in [0.05, 0.1) is 12.6 Å². The SMILES string of the molecule is CCCNC(=O)CN(C)C(c1ccccc1C)C(N)CC. The van der Waals surface area contributed by atoms with Crippen molar-refractivity contribution < 1.29 is 4.79 Å². The van der Waals surface area contributed by atoms with Crippen LogP contribution in [0.3, 0.4) is 0 Å². The van der Waals surface area contributed by atoms with Crippen LogP contribution in [0.2, 0.25) is 0 Å². The van der Waals surface area contributed by atoms with Gasteiger partial charge >= 0.3 is 0 Å². The van der Waals surface area contributed by atoms with E-state index >= 15 is 0 Å². The first-order chi connectivity index (χ1) is 10.0. The Bertz CT molecular complexity index is 447. The number of hydrogen-bond acceptors (Lipinski definition) is 3. The lowest BCUT2D eigenvalue weighted by Crippen LogP contribution is -2.44. The number of nitrogens with two attached hydrogens (primary N) is 1. The smallest absolute Gasteiger partial charge is 0.234 e. The highest BCUT2D eigenvalue weighted by Crippen LogP contribution is 2.26. The molecule has 0 aliphatic rings. The Kier molecular flexibility index (Phi) is 7.40. The van der Waals surface area contributed by atoms with E-state index in [0.717, 1.165) is 19.4 Å². The minimum atomic E-state index is 0.00933. The van der Waals surface area contributed by atoms with Gasteiger partial charge in [-0.25, -0.2) is 0 Å². The van der Waals surface area contributed by atoms with Crippen LogP contribution in [0.15, 0.2) is 24.3 Å². The summed E-state index contributed by atoms with van der Waals surface area (Å²) in [7, 11) is 1.97. The minimum absolute atomic E-state index is 0.00933. The summed E-state index contributed by atoms with van der Waals surface area (Å²) < 4.78 is 0. The third-order valence-corrected chi connectivity index (χ3v) is 3.82. The second-order valence-electron chi connectivity index (χ2n) is 5.64. The first-order valence-electron chi connectivity index (χ1n) is 7.79. The topological polar surface area (TPSA) is 58.4 Å². The van der Waals surface area contributed by atoms with E-state index in [1.165, 1.54) is 11.1 Å². The molecule has 0 aliphatic carbocycles. The molecular weight excluding hydrogens is 262 g/mol. The Hall–Kier alpha value is -1.39. The molecule has 0 spiro atoms. The van der Waals surface area contributed by atoms with Crippen molar-refractivity contribution in [1.29, 1.82) is 0 Å². The van der Waals surface area contributed by atoms with E-state index in [4.69, 9.17) is 5.73 Å². The Morgan fingerprint density at radius 3 is 2.57 bits per heavy atom. The van der Waals surface area contributed by atoms with Crippen molar-refractivity contribution >= 4 is 5.91 Å². The van der Waals surface area contributed by atoms with Crippen LogP contribution in [-0.4, -0.2) is 37.0 Å². The molecule has 4 nitrogen and oxygen atoms in total. The summed E-state index contributed by atoms with van der Waals surface area (Å²) in [5.41, 5.74) is 8.74. The number of aryl methyl sites for hydroxylation is 1. The van der Waals surface area contributed by atoms with Crippen molar-refractivity contribution in [2.24, 2.45) is 5.73 Å². The summed E-state index contributed by atoms with van der Waals surface area (Å²) in [5.74, 6) is 0.0567. The molecule has 0 aromatic heterocycles. The van der Waals surface area contributed by atoms with Gasteiger partial charge in [0.15, 0.2) is 0 Å². The molecule has 0 heterocycles. The minimum Gasteiger partial charge on any atom is -0.355 e. The predicted molar refractivity (Wildman–Crippen MR) is 88.1 cm³/mol. The van der Waals surface area contributed by atoms with Crippen LogP contribution < -0.4 is 11.1 Å². The van der Waals surface area contributed by atoms with Crippen LogP contribution in [0.1, 0.15) is 43.9 Å². The largest absolute Gasteiger partial charge is 0.355 e. The first kappa shape index (κ1) is 17.7. The van der Waals surface area contributed by atoms with Gasteiger partial charge in [-0.3, -0.25) is 9.69 Å². The van der Waals surface area contributed by atoms with Crippen molar-refractivity contribution in [1.82, 2.24) is 10.2 Å². The van der Waals surface area contributed by atoms with Gasteiger partial charge in [-0.1, -0.05) is 38.1 Å². The highest BCUT2D eigenvalue weighted by molar-refractivity contribution is 5.78. The summed E-state index contributed by atoms with van der Waals surface area (Å²) in [5, 5.41) is 2.92. The van der Waals surface area contributed by atoms with E-state index in [1.54, 1.807) is 0 Å². The molecule has 0 saturated heterocycles. The molecule has 21 heavy (non-hydrogen) atoms. The standard InChI is InChI=1S/C17H29N3O/c1-5-11-19-16(21)12-20(4)17(15(18)6-2)14-10-8-7-9-13(14)3/h7-10,15,17H,5-6,11-12,18H2,1-4H3,(H,19,21). The number of amides is 1. The Morgan fingerprint density at radius 2 is 2.00 bits per heavy atom. The maximum Gasteiger partial charge on any atom is 0.234 e. The van der Waals surface area contributed by atoms with Crippen LogP contribution >= 0.6 is 0 Å². The highest BCUT2D eigenvalue weighted by Gasteiger charge is 2.25. The van der Waals surface area contributed by atoms with Crippen LogP contribution in [0.25, 0.3) is 0 Å². The number of carbonyl (C=O) groups is 1. The van der Waals surface area contributed by atoms with E-state index < -0.39 is 0 Å². The van der Waals surface area contributed by atoms with Crippen molar-refractivity contribution in [3.63, 3.8) is 0 Å². The van der Waals surface area contributed by atoms with Gasteiger partial charge in [0, 0.05) is 12.6 Å². The lowest BCUT2D eigenvalue weighted by atomic mass is 9.93. The zero-order chi connectivity index (χ0) is 15.8. The molecule has 4 heteroatoms. The Labute approximate surface area is 128 Å². The quantitative estimate of drug-likeness (QED) is 0.772. The van der Waals surface area contributed by atoms with Crippen LogP contribution in [-0.2, 0) is 4.79 Å². The summed E-state index contributed by atoms with van der Waals surface area (Å²) in [6.07, 6.45) is 1.82. The molecule has 0 saturated carbocycles. The number of nitrogens with zero attached hydrogens (tertiary/aromatic N) is 1. The fraction of sp³-hybridized carbons (Fsp3) is 0.588. The fourth-order valence-electron chi connectivity index (χ4n) is 2.58. The van der Waals surface area contributed by atoms with E-state index in [0.29, 0.717) is 6.54 Å². The van der Waals surface area contributed by atoms with Gasteiger partial charge in [0.1, 0.15) is 0 Å². The summed E-state index contributed by atoms with van der Waals surface area (Å²) in [6.45, 7) is 7.32. The molecule has 2 unspecified atom stereocenters. The highest BCUT2D eigenvalue weighted by atomic mass is 16.2. The average molecular weight is 291 g/mol. The van der Waals surface area contributed by atoms with Crippen LogP contribution in [0.5, 0.6) is 0 Å². The second kappa shape index (κ2) is 8.80. The predicted octanol–water partition coefficient (Wildman–Crippen LogP) is 2.23. The maximum absolute atomic E-state index is 12.0. The summed E-state index contributed by atoms with van der Waals surface area (Å²) >= 11 is 0. The van der Waals surface area contributed by atoms with Crippen molar-refractivity contribution in [2.75, 3.05) is 20.1 Å². The molecule has 0 fully saturated rings. The molecule has 0 aliphatic heterocycles. The van der Waals surface area contributed by atoms with Crippen LogP contribution in [0.4, 0.5) is 0 Å². The number of likely N-dealkylation sites (N-methyl/N-ethyl adjacent to an activating group) is 1. The number of benzene rings is 1. The summed E-state index contributed by atoms with van der Waals surface area (Å²) in [6, 6.07) is 8.33. The molecular formula is C17H29N3O. The fourth-order valence-corrected chi connectivity index (χ4v) is 2.58. The van der Waals surface area contributed by atoms with E-state index in [9.17, 15) is 4.79 Å². The maximum atomic E-state index is 12.0. The van der Waals surface area contributed by atoms with Gasteiger partial charge in [0.25, 0.3) is 0 Å².